The molecule has 1 aromatic carbocycles. The number of hydrogen-bond donors (Lipinski definition) is 1. The van der Waals surface area contributed by atoms with Crippen molar-refractivity contribution in [1.29, 1.82) is 0 Å². The second-order valence-corrected chi connectivity index (χ2v) is 5.94. The van der Waals surface area contributed by atoms with E-state index in [-0.39, 0.29) is 30.0 Å². The van der Waals surface area contributed by atoms with Crippen molar-refractivity contribution in [3.63, 3.8) is 0 Å². The molecule has 1 unspecified atom stereocenters. The highest BCUT2D eigenvalue weighted by atomic mass is 35.5. The molecule has 1 N–H and O–H groups in total. The number of carbonyl (C=O) groups excluding carboxylic acids is 1. The number of piperidine rings is 1. The summed E-state index contributed by atoms with van der Waals surface area (Å²) in [5.41, 5.74) is 0. The molecule has 1 aromatic rings. The minimum atomic E-state index is -0.861. The molecular weight excluding hydrogens is 325 g/mol. The van der Waals surface area contributed by atoms with Gasteiger partial charge in [0.15, 0.2) is 6.61 Å². The van der Waals surface area contributed by atoms with Crippen molar-refractivity contribution >= 4 is 23.5 Å². The lowest BCUT2D eigenvalue weighted by Crippen LogP contribution is -2.46. The molecule has 0 saturated carbocycles. The van der Waals surface area contributed by atoms with Gasteiger partial charge in [0.1, 0.15) is 11.6 Å². The van der Waals surface area contributed by atoms with E-state index in [2.05, 4.69) is 0 Å². The lowest BCUT2D eigenvalue weighted by Gasteiger charge is -2.35. The Morgan fingerprint density at radius 3 is 2.87 bits per heavy atom. The molecule has 1 saturated heterocycles. The molecule has 1 amide bonds. The van der Waals surface area contributed by atoms with Crippen LogP contribution >= 0.6 is 11.6 Å². The van der Waals surface area contributed by atoms with Crippen LogP contribution in [0.2, 0.25) is 5.02 Å². The van der Waals surface area contributed by atoms with E-state index in [4.69, 9.17) is 21.4 Å². The fourth-order valence-electron chi connectivity index (χ4n) is 2.71. The van der Waals surface area contributed by atoms with Crippen LogP contribution in [0.25, 0.3) is 0 Å². The molecule has 0 aliphatic carbocycles. The average Bonchev–Trinajstić information content (AvgIpc) is 2.54. The molecule has 23 heavy (non-hydrogen) atoms. The van der Waals surface area contributed by atoms with Gasteiger partial charge in [-0.15, -0.1) is 0 Å². The first-order valence-electron chi connectivity index (χ1n) is 7.56. The van der Waals surface area contributed by atoms with Crippen LogP contribution in [-0.2, 0) is 9.59 Å². The number of aliphatic carboxylic acids is 1. The van der Waals surface area contributed by atoms with E-state index in [1.54, 1.807) is 4.90 Å². The highest BCUT2D eigenvalue weighted by Gasteiger charge is 2.27. The number of likely N-dealkylation sites (tertiary alicyclic amines) is 1. The Morgan fingerprint density at radius 1 is 1.39 bits per heavy atom. The van der Waals surface area contributed by atoms with Gasteiger partial charge in [0.25, 0.3) is 5.91 Å². The maximum Gasteiger partial charge on any atom is 0.303 e. The van der Waals surface area contributed by atoms with Crippen molar-refractivity contribution in [2.24, 2.45) is 0 Å². The van der Waals surface area contributed by atoms with Gasteiger partial charge in [-0.3, -0.25) is 9.59 Å². The number of nitrogens with zero attached hydrogens (tertiary/aromatic N) is 1. The molecule has 1 heterocycles. The summed E-state index contributed by atoms with van der Waals surface area (Å²) >= 11 is 5.67. The maximum atomic E-state index is 13.1. The number of hydrogen-bond acceptors (Lipinski definition) is 3. The minimum absolute atomic E-state index is 0.0445. The molecule has 0 aromatic heterocycles. The van der Waals surface area contributed by atoms with E-state index in [1.807, 2.05) is 0 Å². The molecule has 0 bridgehead atoms. The molecule has 1 atom stereocenters. The van der Waals surface area contributed by atoms with Crippen molar-refractivity contribution in [3.05, 3.63) is 29.0 Å². The Balaban J connectivity index is 1.91. The third-order valence-corrected chi connectivity index (χ3v) is 4.18. The molecule has 1 aliphatic heterocycles. The van der Waals surface area contributed by atoms with Gasteiger partial charge in [-0.25, -0.2) is 4.39 Å². The third-order valence-electron chi connectivity index (χ3n) is 3.89. The van der Waals surface area contributed by atoms with Gasteiger partial charge < -0.3 is 14.7 Å². The first-order chi connectivity index (χ1) is 11.0. The number of carbonyl (C=O) groups is 2. The number of amides is 1. The number of halogens is 2. The van der Waals surface area contributed by atoms with E-state index in [1.165, 1.54) is 18.2 Å². The van der Waals surface area contributed by atoms with Gasteiger partial charge in [-0.2, -0.15) is 0 Å². The molecular formula is C16H19ClFNO4. The van der Waals surface area contributed by atoms with Crippen LogP contribution < -0.4 is 4.74 Å². The molecule has 126 valence electrons. The lowest BCUT2D eigenvalue weighted by atomic mass is 9.98. The van der Waals surface area contributed by atoms with Crippen LogP contribution in [0.5, 0.6) is 5.75 Å². The quantitative estimate of drug-likeness (QED) is 0.861. The topological polar surface area (TPSA) is 66.8 Å². The van der Waals surface area contributed by atoms with Gasteiger partial charge in [0.2, 0.25) is 0 Å². The minimum Gasteiger partial charge on any atom is -0.484 e. The van der Waals surface area contributed by atoms with Crippen molar-refractivity contribution in [3.8, 4) is 5.75 Å². The molecule has 5 nitrogen and oxygen atoms in total. The zero-order chi connectivity index (χ0) is 16.8. The van der Waals surface area contributed by atoms with Crippen LogP contribution in [0.15, 0.2) is 18.2 Å². The van der Waals surface area contributed by atoms with E-state index >= 15 is 0 Å². The van der Waals surface area contributed by atoms with Crippen molar-refractivity contribution in [2.75, 3.05) is 13.2 Å². The molecule has 7 heteroatoms. The fraction of sp³-hybridized carbons (Fsp3) is 0.500. The van der Waals surface area contributed by atoms with Gasteiger partial charge in [-0.1, -0.05) is 11.6 Å². The van der Waals surface area contributed by atoms with Gasteiger partial charge >= 0.3 is 5.97 Å². The lowest BCUT2D eigenvalue weighted by molar-refractivity contribution is -0.141. The summed E-state index contributed by atoms with van der Waals surface area (Å²) in [6.45, 7) is 0.433. The monoisotopic (exact) mass is 343 g/mol. The predicted octanol–water partition coefficient (Wildman–Crippen LogP) is 3.10. The number of ether oxygens (including phenoxy) is 1. The van der Waals surface area contributed by atoms with Crippen LogP contribution in [-0.4, -0.2) is 41.1 Å². The second-order valence-electron chi connectivity index (χ2n) is 5.53. The Hall–Kier alpha value is -1.82. The molecule has 1 aliphatic rings. The molecule has 1 fully saturated rings. The molecule has 2 rings (SSSR count). The van der Waals surface area contributed by atoms with Gasteiger partial charge in [0, 0.05) is 25.1 Å². The van der Waals surface area contributed by atoms with Crippen LogP contribution in [0.3, 0.4) is 0 Å². The number of benzene rings is 1. The van der Waals surface area contributed by atoms with Gasteiger partial charge in [-0.05, 0) is 37.8 Å². The standard InChI is InChI=1S/C16H19ClFNO4/c17-13-9-12(5-6-14(13)18)23-10-15(20)19-8-2-1-3-11(19)4-7-16(21)22/h5-6,9,11H,1-4,7-8,10H2,(H,21,22). The van der Waals surface area contributed by atoms with Crippen molar-refractivity contribution in [2.45, 2.75) is 38.1 Å². The van der Waals surface area contributed by atoms with Crippen LogP contribution in [0.4, 0.5) is 4.39 Å². The van der Waals surface area contributed by atoms with E-state index in [0.29, 0.717) is 18.7 Å². The number of carboxylic acid groups (broad SMARTS) is 1. The summed E-state index contributed by atoms with van der Waals surface area (Å²) in [4.78, 5) is 24.7. The summed E-state index contributed by atoms with van der Waals surface area (Å²) in [6, 6.07) is 3.85. The van der Waals surface area contributed by atoms with E-state index in [0.717, 1.165) is 19.3 Å². The van der Waals surface area contributed by atoms with Crippen molar-refractivity contribution < 1.29 is 23.8 Å². The first-order valence-corrected chi connectivity index (χ1v) is 7.94. The first kappa shape index (κ1) is 17.5. The van der Waals surface area contributed by atoms with Crippen molar-refractivity contribution in [1.82, 2.24) is 4.90 Å². The summed E-state index contributed by atoms with van der Waals surface area (Å²) in [5.74, 6) is -1.28. The number of carboxylic acids is 1. The average molecular weight is 344 g/mol. The van der Waals surface area contributed by atoms with Crippen LogP contribution in [0.1, 0.15) is 32.1 Å². The summed E-state index contributed by atoms with van der Waals surface area (Å²) in [6.07, 6.45) is 3.19. The zero-order valence-electron chi connectivity index (χ0n) is 12.6. The molecule has 0 spiro atoms. The normalized spacial score (nSPS) is 17.8. The van der Waals surface area contributed by atoms with Crippen LogP contribution in [0, 0.1) is 5.82 Å². The zero-order valence-corrected chi connectivity index (χ0v) is 13.4. The SMILES string of the molecule is O=C(O)CCC1CCCCN1C(=O)COc1ccc(F)c(Cl)c1. The second kappa shape index (κ2) is 8.15. The van der Waals surface area contributed by atoms with E-state index < -0.39 is 11.8 Å². The summed E-state index contributed by atoms with van der Waals surface area (Å²) < 4.78 is 18.5. The Morgan fingerprint density at radius 2 is 2.17 bits per heavy atom. The van der Waals surface area contributed by atoms with Gasteiger partial charge in [0.05, 0.1) is 5.02 Å². The number of rotatable bonds is 6. The highest BCUT2D eigenvalue weighted by molar-refractivity contribution is 6.30. The fourth-order valence-corrected chi connectivity index (χ4v) is 2.88. The highest BCUT2D eigenvalue weighted by Crippen LogP contribution is 2.23. The Bertz CT molecular complexity index is 581. The Kier molecular flexibility index (Phi) is 6.21. The maximum absolute atomic E-state index is 13.1. The molecule has 0 radical (unpaired) electrons. The third kappa shape index (κ3) is 5.10. The predicted molar refractivity (Wildman–Crippen MR) is 83.1 cm³/mol. The van der Waals surface area contributed by atoms with E-state index in [9.17, 15) is 14.0 Å². The smallest absolute Gasteiger partial charge is 0.303 e. The largest absolute Gasteiger partial charge is 0.484 e. The Labute approximate surface area is 139 Å². The summed E-state index contributed by atoms with van der Waals surface area (Å²) in [7, 11) is 0. The summed E-state index contributed by atoms with van der Waals surface area (Å²) in [5, 5.41) is 8.74.